The Labute approximate surface area is 77.9 Å². The Bertz CT molecular complexity index is 40.3. The molecule has 0 saturated carbocycles. The van der Waals surface area contributed by atoms with E-state index in [1.54, 1.807) is 0 Å². The van der Waals surface area contributed by atoms with Gasteiger partial charge in [0.05, 0.1) is 0 Å². The first-order chi connectivity index (χ1) is 3.91. The van der Waals surface area contributed by atoms with E-state index in [1.807, 2.05) is 0 Å². The number of rotatable bonds is 5. The van der Waals surface area contributed by atoms with Gasteiger partial charge in [-0.05, 0) is 0 Å². The molecule has 0 unspecified atom stereocenters. The molecule has 0 bridgehead atoms. The summed E-state index contributed by atoms with van der Waals surface area (Å²) >= 11 is -1.63. The molecule has 0 aromatic carbocycles. The van der Waals surface area contributed by atoms with Crippen molar-refractivity contribution in [3.8, 4) is 0 Å². The summed E-state index contributed by atoms with van der Waals surface area (Å²) in [7, 11) is 11.0. The zero-order valence-electron chi connectivity index (χ0n) is 4.44. The first-order valence-electron chi connectivity index (χ1n) is 2.37. The third-order valence-corrected chi connectivity index (χ3v) is 5.77. The van der Waals surface area contributed by atoms with E-state index in [9.17, 15) is 0 Å². The van der Waals surface area contributed by atoms with E-state index in [0.717, 1.165) is 13.0 Å². The van der Waals surface area contributed by atoms with Crippen LogP contribution >= 0.6 is 17.8 Å². The molecule has 0 saturated heterocycles. The van der Waals surface area contributed by atoms with Crippen molar-refractivity contribution in [3.63, 3.8) is 0 Å². The second kappa shape index (κ2) is 9.14. The van der Waals surface area contributed by atoms with E-state index < -0.39 is 40.4 Å². The van der Waals surface area contributed by atoms with Crippen molar-refractivity contribution in [3.05, 3.63) is 0 Å². The van der Waals surface area contributed by atoms with Crippen LogP contribution in [0.2, 0.25) is 4.44 Å². The van der Waals surface area contributed by atoms with Crippen LogP contribution in [0.25, 0.3) is 0 Å². The molecule has 0 amide bonds. The van der Waals surface area contributed by atoms with Gasteiger partial charge >= 0.3 is 78.8 Å². The molecule has 0 N–H and O–H groups in total. The van der Waals surface area contributed by atoms with E-state index in [2.05, 4.69) is 0 Å². The second-order valence-electron chi connectivity index (χ2n) is 1.26. The molecular formula is C3H8Cl2OSn2. The maximum absolute atomic E-state index is 5.60. The first-order valence-corrected chi connectivity index (χ1v) is 14.4. The van der Waals surface area contributed by atoms with Gasteiger partial charge in [0.2, 0.25) is 0 Å². The quantitative estimate of drug-likeness (QED) is 0.518. The Morgan fingerprint density at radius 3 is 2.62 bits per heavy atom. The van der Waals surface area contributed by atoms with Crippen LogP contribution in [0.1, 0.15) is 6.42 Å². The van der Waals surface area contributed by atoms with Gasteiger partial charge in [-0.1, -0.05) is 0 Å². The van der Waals surface area contributed by atoms with Gasteiger partial charge in [0.15, 0.2) is 0 Å². The Morgan fingerprint density at radius 1 is 1.38 bits per heavy atom. The van der Waals surface area contributed by atoms with Crippen molar-refractivity contribution in [1.29, 1.82) is 0 Å². The van der Waals surface area contributed by atoms with Gasteiger partial charge in [0.25, 0.3) is 0 Å². The van der Waals surface area contributed by atoms with Gasteiger partial charge in [-0.25, -0.2) is 0 Å². The van der Waals surface area contributed by atoms with Gasteiger partial charge in [0, 0.05) is 0 Å². The average Bonchev–Trinajstić information content (AvgIpc) is 1.81. The standard InChI is InChI=1S/C3H6O.2ClH.2Sn.2H/c1-2-3-4;;;;;;/h1-3H2;2*1H;;;;/q-1;;;+1;+2;;/p-2. The maximum atomic E-state index is 5.60. The van der Waals surface area contributed by atoms with Gasteiger partial charge in [-0.15, -0.1) is 0 Å². The third-order valence-electron chi connectivity index (χ3n) is 0.638. The molecule has 48 valence electrons. The van der Waals surface area contributed by atoms with Crippen molar-refractivity contribution >= 4 is 58.3 Å². The van der Waals surface area contributed by atoms with E-state index >= 15 is 0 Å². The number of hydrogen-bond acceptors (Lipinski definition) is 1. The molecule has 1 nitrogen and oxygen atoms in total. The third kappa shape index (κ3) is 8.14. The Balaban J connectivity index is 2.53. The fraction of sp³-hybridized carbons (Fsp3) is 1.00. The van der Waals surface area contributed by atoms with Crippen LogP contribution in [0.15, 0.2) is 0 Å². The molecule has 0 aliphatic heterocycles. The zero-order chi connectivity index (χ0) is 6.24. The first kappa shape index (κ1) is 10.1. The molecule has 0 fully saturated rings. The summed E-state index contributed by atoms with van der Waals surface area (Å²) in [5.74, 6) is 0. The van der Waals surface area contributed by atoms with Gasteiger partial charge in [-0.3, -0.25) is 0 Å². The molecule has 0 aromatic rings. The van der Waals surface area contributed by atoms with Crippen LogP contribution in [0.5, 0.6) is 0 Å². The van der Waals surface area contributed by atoms with Crippen molar-refractivity contribution in [2.75, 3.05) is 6.61 Å². The summed E-state index contributed by atoms with van der Waals surface area (Å²) in [5, 5.41) is 0. The SMILES string of the molecule is [Cl][SnH][CH2]CC[O][SnH][Cl]. The summed E-state index contributed by atoms with van der Waals surface area (Å²) in [4.78, 5) is 0. The molecule has 0 aromatic heterocycles. The van der Waals surface area contributed by atoms with Gasteiger partial charge in [0.1, 0.15) is 0 Å². The van der Waals surface area contributed by atoms with E-state index in [-0.39, 0.29) is 0 Å². The van der Waals surface area contributed by atoms with E-state index in [0.29, 0.717) is 0 Å². The summed E-state index contributed by atoms with van der Waals surface area (Å²) in [6.07, 6.45) is 1.14. The van der Waals surface area contributed by atoms with Crippen LogP contribution in [-0.2, 0) is 3.07 Å². The summed E-state index contributed by atoms with van der Waals surface area (Å²) in [6.45, 7) is 0.864. The minimum absolute atomic E-state index is 0.604. The van der Waals surface area contributed by atoms with Crippen LogP contribution in [0.3, 0.4) is 0 Å². The fourth-order valence-electron chi connectivity index (χ4n) is 0.288. The van der Waals surface area contributed by atoms with Crippen molar-refractivity contribution in [1.82, 2.24) is 0 Å². The summed E-state index contributed by atoms with van der Waals surface area (Å²) in [6, 6.07) is 0. The molecule has 0 aliphatic carbocycles. The molecule has 0 spiro atoms. The summed E-state index contributed by atoms with van der Waals surface area (Å²) in [5.41, 5.74) is 0. The normalized spacial score (nSPS) is 9.75. The Morgan fingerprint density at radius 2 is 2.12 bits per heavy atom. The monoisotopic (exact) mass is 370 g/mol. The zero-order valence-corrected chi connectivity index (χ0v) is 12.5. The molecule has 0 heterocycles. The molecule has 2 radical (unpaired) electrons. The predicted molar refractivity (Wildman–Crippen MR) is 41.4 cm³/mol. The Hall–Kier alpha value is 2.14. The van der Waals surface area contributed by atoms with Crippen molar-refractivity contribution in [2.24, 2.45) is 0 Å². The van der Waals surface area contributed by atoms with Gasteiger partial charge in [-0.2, -0.15) is 0 Å². The average molecular weight is 368 g/mol. The summed E-state index contributed by atoms with van der Waals surface area (Å²) < 4.78 is 6.30. The van der Waals surface area contributed by atoms with Gasteiger partial charge < -0.3 is 0 Å². The fourth-order valence-corrected chi connectivity index (χ4v) is 3.57. The Kier molecular flexibility index (Phi) is 11.6. The molecule has 0 rings (SSSR count). The topological polar surface area (TPSA) is 9.23 Å². The number of halogens is 2. The molecular weight excluding hydrogens is 360 g/mol. The van der Waals surface area contributed by atoms with Crippen LogP contribution < -0.4 is 0 Å². The van der Waals surface area contributed by atoms with Crippen LogP contribution in [-0.4, -0.2) is 47.1 Å². The molecule has 8 heavy (non-hydrogen) atoms. The van der Waals surface area contributed by atoms with Crippen LogP contribution in [0, 0.1) is 0 Å². The van der Waals surface area contributed by atoms with E-state index in [4.69, 9.17) is 20.9 Å². The van der Waals surface area contributed by atoms with Crippen molar-refractivity contribution in [2.45, 2.75) is 10.9 Å². The predicted octanol–water partition coefficient (Wildman–Crippen LogP) is 0.907. The second-order valence-corrected chi connectivity index (χ2v) is 8.51. The molecule has 0 atom stereocenters. The van der Waals surface area contributed by atoms with Crippen LogP contribution in [0.4, 0.5) is 0 Å². The van der Waals surface area contributed by atoms with E-state index in [1.165, 1.54) is 4.44 Å². The molecule has 5 heteroatoms. The minimum atomic E-state index is -1.02. The van der Waals surface area contributed by atoms with Crippen molar-refractivity contribution < 1.29 is 3.07 Å². The molecule has 0 aliphatic rings. The number of hydrogen-bond donors (Lipinski definition) is 0.